The zero-order valence-corrected chi connectivity index (χ0v) is 16.3. The maximum Gasteiger partial charge on any atom is 0.430 e. The van der Waals surface area contributed by atoms with Gasteiger partial charge in [-0.25, -0.2) is 4.79 Å². The smallest absolute Gasteiger partial charge is 0.430 e. The molecule has 0 saturated carbocycles. The number of amides is 2. The van der Waals surface area contributed by atoms with Crippen LogP contribution in [0.3, 0.4) is 0 Å². The molecule has 30 heavy (non-hydrogen) atoms. The van der Waals surface area contributed by atoms with Gasteiger partial charge >= 0.3 is 12.7 Å². The number of carboxylic acid groups (broad SMARTS) is 1. The van der Waals surface area contributed by atoms with Crippen LogP contribution in [0.4, 0.5) is 0 Å². The van der Waals surface area contributed by atoms with E-state index in [1.54, 1.807) is 6.07 Å². The fraction of sp³-hybridized carbons (Fsp3) is 0.471. The first-order valence-corrected chi connectivity index (χ1v) is 9.44. The minimum absolute atomic E-state index is 0.00213. The van der Waals surface area contributed by atoms with E-state index < -0.39 is 36.9 Å². The molecule has 1 aromatic carbocycles. The third kappa shape index (κ3) is 4.49. The molecule has 0 unspecified atom stereocenters. The van der Waals surface area contributed by atoms with Gasteiger partial charge in [-0.15, -0.1) is 0 Å². The molecule has 2 aliphatic rings. The molecule has 0 radical (unpaired) electrons. The Bertz CT molecular complexity index is 872. The number of likely N-dealkylation sites (tertiary alicyclic amines) is 1. The minimum atomic E-state index is -3.13. The number of aryl methyl sites for hydroxylation is 1. The number of ether oxygens (including phenoxy) is 1. The molecule has 0 bridgehead atoms. The Balaban J connectivity index is 1.66. The van der Waals surface area contributed by atoms with Crippen molar-refractivity contribution in [3.63, 3.8) is 0 Å². The van der Waals surface area contributed by atoms with Gasteiger partial charge in [0.1, 0.15) is 29.6 Å². The number of nitrogens with one attached hydrogen (secondary N) is 1. The number of hydrogen-bond donors (Lipinski definition) is 6. The average molecular weight is 423 g/mol. The maximum atomic E-state index is 12.3. The van der Waals surface area contributed by atoms with Crippen molar-refractivity contribution in [1.82, 2.24) is 10.2 Å². The zero-order valence-electron chi connectivity index (χ0n) is 16.3. The molecule has 0 aromatic heterocycles. The largest absolute Gasteiger partial charge is 0.669 e. The van der Waals surface area contributed by atoms with E-state index in [-0.39, 0.29) is 48.8 Å². The molecule has 1 fully saturated rings. The van der Waals surface area contributed by atoms with E-state index in [9.17, 15) is 29.5 Å². The molecular formula is C17H24BN4O8-. The number of carbonyl (C=O) groups excluding carboxylic acids is 2. The van der Waals surface area contributed by atoms with Gasteiger partial charge in [0, 0.05) is 0 Å². The van der Waals surface area contributed by atoms with Crippen molar-refractivity contribution in [2.75, 3.05) is 13.1 Å². The number of fused-ring (bicyclic) bond motifs is 1. The number of rotatable bonds is 6. The molecule has 0 spiro atoms. The lowest BCUT2D eigenvalue weighted by atomic mass is 9.70. The van der Waals surface area contributed by atoms with Crippen LogP contribution >= 0.6 is 0 Å². The maximum absolute atomic E-state index is 12.3. The Morgan fingerprint density at radius 2 is 1.97 bits per heavy atom. The molecule has 2 heterocycles. The molecule has 0 aliphatic carbocycles. The lowest BCUT2D eigenvalue weighted by Gasteiger charge is -2.41. The highest BCUT2D eigenvalue weighted by atomic mass is 16.6. The normalized spacial score (nSPS) is 18.7. The van der Waals surface area contributed by atoms with Gasteiger partial charge in [-0.2, -0.15) is 0 Å². The Morgan fingerprint density at radius 3 is 2.57 bits per heavy atom. The third-order valence-electron chi connectivity index (χ3n) is 5.00. The summed E-state index contributed by atoms with van der Waals surface area (Å²) in [6, 6.07) is 2.26. The van der Waals surface area contributed by atoms with Gasteiger partial charge in [-0.1, -0.05) is 12.4 Å². The Labute approximate surface area is 171 Å². The van der Waals surface area contributed by atoms with Gasteiger partial charge in [0.15, 0.2) is 0 Å². The number of carboxylic acids is 1. The second kappa shape index (κ2) is 8.10. The highest BCUT2D eigenvalue weighted by molar-refractivity contribution is 6.59. The molecular weight excluding hydrogens is 399 g/mol. The highest BCUT2D eigenvalue weighted by Gasteiger charge is 2.37. The molecule has 8 N–H and O–H groups in total. The van der Waals surface area contributed by atoms with Crippen molar-refractivity contribution in [3.05, 3.63) is 23.3 Å². The SMILES string of the molecule is C[C@H](NC(=O)C(N)N)C(=O)N1CC(Oc2ccc3c(c2C(=O)O)O[B-](O)(O)CC3)C1. The first-order chi connectivity index (χ1) is 14.0. The summed E-state index contributed by atoms with van der Waals surface area (Å²) >= 11 is 0. The van der Waals surface area contributed by atoms with Gasteiger partial charge in [0.05, 0.1) is 18.8 Å². The summed E-state index contributed by atoms with van der Waals surface area (Å²) in [6.45, 7) is -1.28. The minimum Gasteiger partial charge on any atom is -0.669 e. The van der Waals surface area contributed by atoms with Crippen LogP contribution in [0.1, 0.15) is 22.8 Å². The van der Waals surface area contributed by atoms with Crippen molar-refractivity contribution < 1.29 is 38.9 Å². The Morgan fingerprint density at radius 1 is 1.30 bits per heavy atom. The number of benzene rings is 1. The van der Waals surface area contributed by atoms with Crippen molar-refractivity contribution in [2.24, 2.45) is 11.5 Å². The zero-order chi connectivity index (χ0) is 22.2. The Hall–Kier alpha value is -2.87. The molecule has 1 aromatic rings. The predicted molar refractivity (Wildman–Crippen MR) is 103 cm³/mol. The van der Waals surface area contributed by atoms with Crippen LogP contribution < -0.4 is 26.2 Å². The quantitative estimate of drug-likeness (QED) is 0.211. The van der Waals surface area contributed by atoms with Crippen LogP contribution in [0, 0.1) is 0 Å². The van der Waals surface area contributed by atoms with Gasteiger partial charge in [-0.3, -0.25) is 9.59 Å². The molecule has 12 nitrogen and oxygen atoms in total. The number of nitrogens with two attached hydrogens (primary N) is 2. The van der Waals surface area contributed by atoms with Gasteiger partial charge in [0.2, 0.25) is 5.91 Å². The van der Waals surface area contributed by atoms with E-state index >= 15 is 0 Å². The molecule has 2 amide bonds. The number of nitrogens with zero attached hydrogens (tertiary/aromatic N) is 1. The predicted octanol–water partition coefficient (Wildman–Crippen LogP) is -2.42. The summed E-state index contributed by atoms with van der Waals surface area (Å²) in [6.07, 6.45) is -1.49. The lowest BCUT2D eigenvalue weighted by Crippen LogP contribution is -2.61. The van der Waals surface area contributed by atoms with Crippen molar-refractivity contribution in [3.8, 4) is 11.5 Å². The van der Waals surface area contributed by atoms with Crippen LogP contribution in [0.5, 0.6) is 11.5 Å². The first kappa shape index (κ1) is 21.8. The Kier molecular flexibility index (Phi) is 5.90. The van der Waals surface area contributed by atoms with Crippen molar-refractivity contribution >= 4 is 24.5 Å². The molecule has 1 saturated heterocycles. The molecule has 164 valence electrons. The first-order valence-electron chi connectivity index (χ1n) is 9.44. The highest BCUT2D eigenvalue weighted by Crippen LogP contribution is 2.38. The van der Waals surface area contributed by atoms with Crippen LogP contribution in [0.15, 0.2) is 12.1 Å². The van der Waals surface area contributed by atoms with Gasteiger partial charge in [0.25, 0.3) is 5.91 Å². The van der Waals surface area contributed by atoms with E-state index in [0.29, 0.717) is 5.56 Å². The molecule has 13 heteroatoms. The number of carbonyl (C=O) groups is 3. The molecule has 3 rings (SSSR count). The standard InChI is InChI=1S/C17H24BN4O8/c1-8(21-15(23)14(19)20)16(24)22-6-10(7-22)29-11-3-2-9-4-5-18(27,28)30-13(9)12(11)17(25)26/h2-3,8,10,14,27-28H,4-7,19-20H2,1H3,(H,21,23)(H,25,26)/q-1/t8-/m0/s1. The summed E-state index contributed by atoms with van der Waals surface area (Å²) in [4.78, 5) is 37.0. The fourth-order valence-electron chi connectivity index (χ4n) is 3.35. The second-order valence-corrected chi connectivity index (χ2v) is 7.49. The number of aromatic carboxylic acids is 1. The second-order valence-electron chi connectivity index (χ2n) is 7.49. The fourth-order valence-corrected chi connectivity index (χ4v) is 3.35. The van der Waals surface area contributed by atoms with E-state index in [1.165, 1.54) is 17.9 Å². The summed E-state index contributed by atoms with van der Waals surface area (Å²) in [5, 5.41) is 31.5. The van der Waals surface area contributed by atoms with E-state index in [1.807, 2.05) is 0 Å². The van der Waals surface area contributed by atoms with E-state index in [0.717, 1.165) is 0 Å². The van der Waals surface area contributed by atoms with Crippen LogP contribution in [-0.4, -0.2) is 76.0 Å². The van der Waals surface area contributed by atoms with Crippen LogP contribution in [-0.2, 0) is 16.0 Å². The topological polar surface area (TPSA) is 198 Å². The monoisotopic (exact) mass is 423 g/mol. The third-order valence-corrected chi connectivity index (χ3v) is 5.00. The summed E-state index contributed by atoms with van der Waals surface area (Å²) in [5.74, 6) is -2.48. The number of hydrogen-bond acceptors (Lipinski definition) is 9. The van der Waals surface area contributed by atoms with Gasteiger partial charge < -0.3 is 46.2 Å². The average Bonchev–Trinajstić information content (AvgIpc) is 2.61. The lowest BCUT2D eigenvalue weighted by molar-refractivity contribution is -0.143. The van der Waals surface area contributed by atoms with Crippen LogP contribution in [0.25, 0.3) is 0 Å². The van der Waals surface area contributed by atoms with Crippen molar-refractivity contribution in [2.45, 2.75) is 38.0 Å². The van der Waals surface area contributed by atoms with Crippen molar-refractivity contribution in [1.29, 1.82) is 0 Å². The van der Waals surface area contributed by atoms with E-state index in [4.69, 9.17) is 20.9 Å². The van der Waals surface area contributed by atoms with E-state index in [2.05, 4.69) is 5.32 Å². The molecule has 1 atom stereocenters. The van der Waals surface area contributed by atoms with Gasteiger partial charge in [-0.05, 0) is 25.0 Å². The summed E-state index contributed by atoms with van der Waals surface area (Å²) in [7, 11) is 0. The molecule has 2 aliphatic heterocycles. The van der Waals surface area contributed by atoms with Crippen LogP contribution in [0.2, 0.25) is 6.32 Å². The summed E-state index contributed by atoms with van der Waals surface area (Å²) < 4.78 is 10.8. The summed E-state index contributed by atoms with van der Waals surface area (Å²) in [5.41, 5.74) is 10.7.